The van der Waals surface area contributed by atoms with Gasteiger partial charge in [0.2, 0.25) is 11.8 Å². The zero-order chi connectivity index (χ0) is 25.2. The fourth-order valence-electron chi connectivity index (χ4n) is 4.16. The van der Waals surface area contributed by atoms with Gasteiger partial charge in [-0.05, 0) is 40.8 Å². The molecule has 0 aromatic heterocycles. The molecule has 4 aromatic carbocycles. The Morgan fingerprint density at radius 2 is 1.25 bits per heavy atom. The molecule has 0 heterocycles. The zero-order valence-corrected chi connectivity index (χ0v) is 20.8. The van der Waals surface area contributed by atoms with Gasteiger partial charge >= 0.3 is 0 Å². The summed E-state index contributed by atoms with van der Waals surface area (Å²) in [6.45, 7) is 0.766. The number of carbonyl (C=O) groups excluding carboxylic acids is 2. The Labute approximate surface area is 217 Å². The summed E-state index contributed by atoms with van der Waals surface area (Å²) in [5, 5.41) is 3.69. The third-order valence-corrected chi connectivity index (χ3v) is 6.27. The lowest BCUT2D eigenvalue weighted by Gasteiger charge is -2.32. The fraction of sp³-hybridized carbons (Fsp3) is 0.161. The van der Waals surface area contributed by atoms with Gasteiger partial charge in [0, 0.05) is 18.1 Å². The van der Waals surface area contributed by atoms with Gasteiger partial charge in [-0.1, -0.05) is 115 Å². The lowest BCUT2D eigenvalue weighted by Crippen LogP contribution is -2.44. The summed E-state index contributed by atoms with van der Waals surface area (Å²) >= 11 is 6.09. The minimum atomic E-state index is -0.770. The lowest BCUT2D eigenvalue weighted by molar-refractivity contribution is -0.141. The second-order valence-corrected chi connectivity index (χ2v) is 9.09. The predicted molar refractivity (Wildman–Crippen MR) is 144 cm³/mol. The molecular formula is C31H29ClN2O2. The fourth-order valence-corrected chi connectivity index (χ4v) is 4.29. The van der Waals surface area contributed by atoms with Crippen LogP contribution in [0.1, 0.15) is 28.3 Å². The molecule has 0 saturated heterocycles. The molecule has 1 atom stereocenters. The van der Waals surface area contributed by atoms with E-state index in [-0.39, 0.29) is 24.8 Å². The van der Waals surface area contributed by atoms with E-state index < -0.39 is 6.04 Å². The largest absolute Gasteiger partial charge is 0.354 e. The van der Waals surface area contributed by atoms with Crippen molar-refractivity contribution < 1.29 is 9.59 Å². The molecule has 0 fully saturated rings. The van der Waals surface area contributed by atoms with Gasteiger partial charge in [0.15, 0.2) is 0 Å². The number of hydrogen-bond acceptors (Lipinski definition) is 2. The molecule has 0 bridgehead atoms. The molecule has 0 radical (unpaired) electrons. The summed E-state index contributed by atoms with van der Waals surface area (Å²) < 4.78 is 0. The van der Waals surface area contributed by atoms with Gasteiger partial charge in [-0.3, -0.25) is 9.59 Å². The summed E-state index contributed by atoms with van der Waals surface area (Å²) in [6.07, 6.45) is 0.915. The van der Waals surface area contributed by atoms with E-state index in [2.05, 4.69) is 5.32 Å². The number of benzene rings is 4. The molecule has 1 unspecified atom stereocenters. The Morgan fingerprint density at radius 1 is 0.694 bits per heavy atom. The van der Waals surface area contributed by atoms with Crippen LogP contribution in [0.5, 0.6) is 0 Å². The highest BCUT2D eigenvalue weighted by Gasteiger charge is 2.31. The first kappa shape index (κ1) is 25.2. The molecule has 0 aliphatic rings. The van der Waals surface area contributed by atoms with E-state index in [1.165, 1.54) is 0 Å². The van der Waals surface area contributed by atoms with E-state index in [4.69, 9.17) is 11.6 Å². The number of rotatable bonds is 10. The first-order valence-electron chi connectivity index (χ1n) is 12.0. The van der Waals surface area contributed by atoms with E-state index in [0.29, 0.717) is 18.0 Å². The van der Waals surface area contributed by atoms with E-state index >= 15 is 0 Å². The quantitative estimate of drug-likeness (QED) is 0.292. The monoisotopic (exact) mass is 496 g/mol. The van der Waals surface area contributed by atoms with Crippen LogP contribution in [0.3, 0.4) is 0 Å². The Morgan fingerprint density at radius 3 is 1.86 bits per heavy atom. The van der Waals surface area contributed by atoms with E-state index in [9.17, 15) is 9.59 Å². The van der Waals surface area contributed by atoms with Crippen LogP contribution in [-0.2, 0) is 29.0 Å². The van der Waals surface area contributed by atoms with Gasteiger partial charge in [0.05, 0.1) is 6.42 Å². The normalized spacial score (nSPS) is 11.5. The molecule has 4 aromatic rings. The maximum absolute atomic E-state index is 13.7. The Hall–Kier alpha value is -3.89. The second-order valence-electron chi connectivity index (χ2n) is 8.65. The molecule has 5 heteroatoms. The Balaban J connectivity index is 1.62. The van der Waals surface area contributed by atoms with Crippen molar-refractivity contribution in [2.45, 2.75) is 25.4 Å². The number of halogens is 1. The third-order valence-electron chi connectivity index (χ3n) is 6.02. The summed E-state index contributed by atoms with van der Waals surface area (Å²) in [5.41, 5.74) is 3.72. The molecule has 182 valence electrons. The molecular weight excluding hydrogens is 468 g/mol. The average molecular weight is 497 g/mol. The van der Waals surface area contributed by atoms with Crippen molar-refractivity contribution >= 4 is 23.4 Å². The SMILES string of the molecule is O=C(NCCc1ccccc1)C(c1ccccc1)N(Cc1ccc(Cl)cc1)C(=O)Cc1ccccc1. The highest BCUT2D eigenvalue weighted by Crippen LogP contribution is 2.25. The van der Waals surface area contributed by atoms with Gasteiger partial charge in [0.25, 0.3) is 0 Å². The molecule has 0 spiro atoms. The standard InChI is InChI=1S/C31H29ClN2O2/c32-28-18-16-26(17-19-28)23-34(29(35)22-25-12-6-2-7-13-25)30(27-14-8-3-9-15-27)31(36)33-21-20-24-10-4-1-5-11-24/h1-19,30H,20-23H2,(H,33,36). The van der Waals surface area contributed by atoms with Crippen LogP contribution in [-0.4, -0.2) is 23.3 Å². The van der Waals surface area contributed by atoms with Crippen LogP contribution >= 0.6 is 11.6 Å². The molecule has 0 aliphatic heterocycles. The topological polar surface area (TPSA) is 49.4 Å². The number of hydrogen-bond donors (Lipinski definition) is 1. The smallest absolute Gasteiger partial charge is 0.247 e. The molecule has 36 heavy (non-hydrogen) atoms. The summed E-state index contributed by atoms with van der Waals surface area (Å²) in [6, 6.07) is 35.7. The average Bonchev–Trinajstić information content (AvgIpc) is 2.91. The first-order chi connectivity index (χ1) is 17.6. The molecule has 1 N–H and O–H groups in total. The van der Waals surface area contributed by atoms with Crippen molar-refractivity contribution in [3.63, 3.8) is 0 Å². The molecule has 0 aliphatic carbocycles. The number of nitrogens with zero attached hydrogens (tertiary/aromatic N) is 1. The number of carbonyl (C=O) groups is 2. The maximum Gasteiger partial charge on any atom is 0.247 e. The first-order valence-corrected chi connectivity index (χ1v) is 12.4. The molecule has 2 amide bonds. The van der Waals surface area contributed by atoms with Gasteiger partial charge in [-0.25, -0.2) is 0 Å². The molecule has 4 rings (SSSR count). The minimum absolute atomic E-state index is 0.122. The van der Waals surface area contributed by atoms with Crippen LogP contribution < -0.4 is 5.32 Å². The van der Waals surface area contributed by atoms with Crippen LogP contribution in [0.2, 0.25) is 5.02 Å². The van der Waals surface area contributed by atoms with Crippen LogP contribution in [0.15, 0.2) is 115 Å². The van der Waals surface area contributed by atoms with Crippen LogP contribution in [0.4, 0.5) is 0 Å². The lowest BCUT2D eigenvalue weighted by atomic mass is 10.0. The van der Waals surface area contributed by atoms with Crippen molar-refractivity contribution in [1.29, 1.82) is 0 Å². The summed E-state index contributed by atoms with van der Waals surface area (Å²) in [4.78, 5) is 29.0. The van der Waals surface area contributed by atoms with Crippen molar-refractivity contribution in [2.75, 3.05) is 6.54 Å². The van der Waals surface area contributed by atoms with Crippen LogP contribution in [0, 0.1) is 0 Å². The summed E-state index contributed by atoms with van der Waals surface area (Å²) in [5.74, 6) is -0.323. The van der Waals surface area contributed by atoms with Crippen molar-refractivity contribution in [2.24, 2.45) is 0 Å². The zero-order valence-electron chi connectivity index (χ0n) is 20.0. The van der Waals surface area contributed by atoms with E-state index in [1.54, 1.807) is 17.0 Å². The van der Waals surface area contributed by atoms with E-state index in [0.717, 1.165) is 22.3 Å². The van der Waals surface area contributed by atoms with Gasteiger partial charge in [0.1, 0.15) is 6.04 Å². The molecule has 0 saturated carbocycles. The Bertz CT molecular complexity index is 1250. The number of nitrogens with one attached hydrogen (secondary N) is 1. The second kappa shape index (κ2) is 12.7. The van der Waals surface area contributed by atoms with Gasteiger partial charge in [-0.2, -0.15) is 0 Å². The number of amides is 2. The van der Waals surface area contributed by atoms with Crippen molar-refractivity contribution in [3.8, 4) is 0 Å². The minimum Gasteiger partial charge on any atom is -0.354 e. The van der Waals surface area contributed by atoms with Crippen molar-refractivity contribution in [3.05, 3.63) is 143 Å². The highest BCUT2D eigenvalue weighted by atomic mass is 35.5. The molecule has 4 nitrogen and oxygen atoms in total. The van der Waals surface area contributed by atoms with Crippen LogP contribution in [0.25, 0.3) is 0 Å². The summed E-state index contributed by atoms with van der Waals surface area (Å²) in [7, 11) is 0. The maximum atomic E-state index is 13.7. The van der Waals surface area contributed by atoms with Gasteiger partial charge < -0.3 is 10.2 Å². The Kier molecular flexibility index (Phi) is 8.90. The van der Waals surface area contributed by atoms with Gasteiger partial charge in [-0.15, -0.1) is 0 Å². The van der Waals surface area contributed by atoms with Crippen molar-refractivity contribution in [1.82, 2.24) is 10.2 Å². The predicted octanol–water partition coefficient (Wildman–Crippen LogP) is 6.01. The highest BCUT2D eigenvalue weighted by molar-refractivity contribution is 6.30. The third kappa shape index (κ3) is 7.06. The van der Waals surface area contributed by atoms with E-state index in [1.807, 2.05) is 103 Å².